The first kappa shape index (κ1) is 64.2. The van der Waals surface area contributed by atoms with Crippen molar-refractivity contribution in [2.45, 2.75) is 6.92 Å². The number of ether oxygens (including phenoxy) is 3. The number of carbonyl (C=O) groups excluding carboxylic acids is 3. The average molecular weight is 1320 g/mol. The fraction of sp³-hybridized carbons (Fsp3) is 0.0563. The number of rotatable bonds is 12. The number of para-hydroxylation sites is 6. The minimum absolute atomic E-state index is 0.00683. The third-order valence-corrected chi connectivity index (χ3v) is 14.3. The maximum absolute atomic E-state index is 12.1. The van der Waals surface area contributed by atoms with Gasteiger partial charge in [-0.05, 0) is 140 Å². The number of aromatic hydroxyl groups is 6. The van der Waals surface area contributed by atoms with E-state index in [2.05, 4.69) is 65.6 Å². The first-order chi connectivity index (χ1) is 45.4. The number of aryl methyl sites for hydroxylation is 1. The fourth-order valence-corrected chi connectivity index (χ4v) is 9.85. The SMILES string of the molecule is COC(=O)c1cc(Br)cc(-c2nc(-c3ccccc3O)nc(-c3ccccc3O)n2)c1.COC(=O)c1cc(C)cc(-c2nc(-c3ccccc3O)nc(-c3ccccc3O)n2)c1.[C-]#[N+]c1cc(C(=O)OC)cc(-c2nc(-c3ccccc3O)nc(-c3ccccc3O)n2)c1. The number of phenols is 6. The van der Waals surface area contributed by atoms with Crippen LogP contribution in [-0.2, 0) is 14.2 Å². The molecule has 464 valence electrons. The molecule has 3 aromatic heterocycles. The van der Waals surface area contributed by atoms with Crippen LogP contribution in [0.2, 0.25) is 0 Å². The van der Waals surface area contributed by atoms with E-state index in [1.165, 1.54) is 63.8 Å². The highest BCUT2D eigenvalue weighted by Crippen LogP contribution is 2.37. The summed E-state index contributed by atoms with van der Waals surface area (Å²) in [5.74, 6) is 0.378. The van der Waals surface area contributed by atoms with E-state index in [0.717, 1.165) is 5.56 Å². The van der Waals surface area contributed by atoms with Gasteiger partial charge >= 0.3 is 17.9 Å². The van der Waals surface area contributed by atoms with E-state index in [4.69, 9.17) is 20.8 Å². The highest BCUT2D eigenvalue weighted by atomic mass is 79.9. The predicted molar refractivity (Wildman–Crippen MR) is 351 cm³/mol. The van der Waals surface area contributed by atoms with Gasteiger partial charge in [0, 0.05) is 26.7 Å². The van der Waals surface area contributed by atoms with Crippen molar-refractivity contribution >= 4 is 39.5 Å². The van der Waals surface area contributed by atoms with Gasteiger partial charge in [-0.2, -0.15) is 0 Å². The van der Waals surface area contributed by atoms with Crippen LogP contribution in [0.5, 0.6) is 34.5 Å². The van der Waals surface area contributed by atoms with Crippen molar-refractivity contribution in [3.63, 3.8) is 0 Å². The number of phenolic OH excluding ortho intramolecular Hbond substituents is 6. The number of nitrogens with zero attached hydrogens (tertiary/aromatic N) is 10. The van der Waals surface area contributed by atoms with E-state index in [1.807, 2.05) is 13.0 Å². The second-order valence-electron chi connectivity index (χ2n) is 20.2. The molecule has 0 aliphatic heterocycles. The van der Waals surface area contributed by atoms with Gasteiger partial charge in [-0.3, -0.25) is 0 Å². The molecule has 0 spiro atoms. The van der Waals surface area contributed by atoms with Gasteiger partial charge in [0.1, 0.15) is 34.5 Å². The summed E-state index contributed by atoms with van der Waals surface area (Å²) in [5, 5.41) is 61.9. The molecule has 3 heterocycles. The fourth-order valence-electron chi connectivity index (χ4n) is 9.36. The lowest BCUT2D eigenvalue weighted by Gasteiger charge is -2.11. The largest absolute Gasteiger partial charge is 0.507 e. The van der Waals surface area contributed by atoms with Crippen LogP contribution in [0.15, 0.2) is 205 Å². The molecule has 0 aliphatic carbocycles. The Labute approximate surface area is 544 Å². The predicted octanol–water partition coefficient (Wildman–Crippen LogP) is 13.8. The second-order valence-corrected chi connectivity index (χ2v) is 21.1. The van der Waals surface area contributed by atoms with Gasteiger partial charge < -0.3 is 44.8 Å². The van der Waals surface area contributed by atoms with Crippen molar-refractivity contribution in [2.75, 3.05) is 21.3 Å². The number of hydrogen-bond donors (Lipinski definition) is 6. The molecule has 6 N–H and O–H groups in total. The van der Waals surface area contributed by atoms with Crippen LogP contribution in [0.25, 0.3) is 107 Å². The number of hydrogen-bond acceptors (Lipinski definition) is 21. The number of methoxy groups -OCH3 is 3. The van der Waals surface area contributed by atoms with Crippen LogP contribution in [-0.4, -0.2) is 115 Å². The molecule has 22 nitrogen and oxygen atoms in total. The third kappa shape index (κ3) is 14.7. The summed E-state index contributed by atoms with van der Waals surface area (Å²) >= 11 is 3.40. The molecular weight excluding hydrogens is 1260 g/mol. The van der Waals surface area contributed by atoms with Gasteiger partial charge in [0.2, 0.25) is 0 Å². The molecular formula is C71H51BrN10O12. The number of carbonyl (C=O) groups is 3. The summed E-state index contributed by atoms with van der Waals surface area (Å²) < 4.78 is 15.1. The van der Waals surface area contributed by atoms with E-state index in [1.54, 1.807) is 152 Å². The van der Waals surface area contributed by atoms with E-state index in [0.29, 0.717) is 71.5 Å². The molecule has 0 atom stereocenters. The quantitative estimate of drug-likeness (QED) is 0.0376. The molecule has 0 aliphatic rings. The molecule has 12 aromatic rings. The van der Waals surface area contributed by atoms with E-state index >= 15 is 0 Å². The molecule has 0 unspecified atom stereocenters. The van der Waals surface area contributed by atoms with Crippen molar-refractivity contribution in [1.29, 1.82) is 0 Å². The highest BCUT2D eigenvalue weighted by molar-refractivity contribution is 9.10. The summed E-state index contributed by atoms with van der Waals surface area (Å²) in [6, 6.07) is 54.5. The van der Waals surface area contributed by atoms with Crippen molar-refractivity contribution in [3.8, 4) is 137 Å². The summed E-state index contributed by atoms with van der Waals surface area (Å²) in [6.45, 7) is 9.21. The molecule has 0 bridgehead atoms. The Bertz CT molecular complexity index is 4540. The Kier molecular flexibility index (Phi) is 19.6. The van der Waals surface area contributed by atoms with Gasteiger partial charge in [0.15, 0.2) is 58.1 Å². The summed E-state index contributed by atoms with van der Waals surface area (Å²) in [4.78, 5) is 80.1. The third-order valence-electron chi connectivity index (χ3n) is 13.8. The topological polar surface area (TPSA) is 321 Å². The van der Waals surface area contributed by atoms with Crippen molar-refractivity contribution in [1.82, 2.24) is 44.9 Å². The maximum atomic E-state index is 12.1. The highest BCUT2D eigenvalue weighted by Gasteiger charge is 2.22. The minimum Gasteiger partial charge on any atom is -0.507 e. The maximum Gasteiger partial charge on any atom is 0.337 e. The monoisotopic (exact) mass is 1310 g/mol. The molecule has 0 fully saturated rings. The van der Waals surface area contributed by atoms with E-state index in [-0.39, 0.29) is 92.3 Å². The standard InChI is InChI=1S/C24H16N4O4.C24H19N3O4.C23H16BrN3O4/c1-25-16-12-14(11-15(13-16)24(31)32-2)21-26-22(17-7-3-5-9-19(17)29)28-23(27-21)18-8-4-6-10-20(18)30;1-14-11-15(13-16(12-14)24(30)31-2)21-25-22(17-7-3-5-9-19(17)28)27-23(26-21)18-8-4-6-10-20(18)29;1-31-23(30)14-10-13(11-15(24)12-14)20-25-21(16-6-2-4-8-18(16)28)27-22(26-20)17-7-3-5-9-19(17)29/h3-13,29-30H,2H3;3-13,28-29H,1-2H3;2-12,28-29H,1H3. The zero-order valence-corrected chi connectivity index (χ0v) is 51.6. The van der Waals surface area contributed by atoms with Gasteiger partial charge in [-0.15, -0.1) is 0 Å². The van der Waals surface area contributed by atoms with Crippen molar-refractivity contribution in [3.05, 3.63) is 238 Å². The minimum atomic E-state index is -0.604. The normalized spacial score (nSPS) is 10.6. The summed E-state index contributed by atoms with van der Waals surface area (Å²) in [6.07, 6.45) is 0. The Morgan fingerprint density at radius 1 is 0.340 bits per heavy atom. The van der Waals surface area contributed by atoms with Crippen LogP contribution >= 0.6 is 15.9 Å². The average Bonchev–Trinajstić information content (AvgIpc) is 0.805. The smallest absolute Gasteiger partial charge is 0.337 e. The Hall–Kier alpha value is -12.8. The second kappa shape index (κ2) is 28.8. The number of halogens is 1. The first-order valence-corrected chi connectivity index (χ1v) is 28.9. The van der Waals surface area contributed by atoms with Gasteiger partial charge in [-0.25, -0.2) is 64.1 Å². The molecule has 0 radical (unpaired) electrons. The van der Waals surface area contributed by atoms with E-state index < -0.39 is 17.9 Å². The lowest BCUT2D eigenvalue weighted by Crippen LogP contribution is -2.04. The van der Waals surface area contributed by atoms with Gasteiger partial charge in [-0.1, -0.05) is 88.7 Å². The lowest BCUT2D eigenvalue weighted by molar-refractivity contribution is 0.0592. The molecule has 9 aromatic carbocycles. The van der Waals surface area contributed by atoms with Crippen LogP contribution in [0, 0.1) is 13.5 Å². The van der Waals surface area contributed by atoms with Crippen LogP contribution in [0.4, 0.5) is 5.69 Å². The van der Waals surface area contributed by atoms with Crippen molar-refractivity contribution < 1.29 is 59.2 Å². The van der Waals surface area contributed by atoms with Crippen LogP contribution in [0.3, 0.4) is 0 Å². The van der Waals surface area contributed by atoms with Crippen LogP contribution in [0.1, 0.15) is 36.6 Å². The zero-order valence-electron chi connectivity index (χ0n) is 50.0. The molecule has 12 rings (SSSR count). The molecule has 0 amide bonds. The zero-order chi connectivity index (χ0) is 66.6. The lowest BCUT2D eigenvalue weighted by atomic mass is 10.1. The Morgan fingerprint density at radius 3 is 0.862 bits per heavy atom. The number of benzene rings is 9. The molecule has 0 saturated heterocycles. The van der Waals surface area contributed by atoms with Gasteiger partial charge in [0.25, 0.3) is 0 Å². The molecule has 0 saturated carbocycles. The number of esters is 3. The van der Waals surface area contributed by atoms with Crippen molar-refractivity contribution in [2.24, 2.45) is 0 Å². The first-order valence-electron chi connectivity index (χ1n) is 28.1. The van der Waals surface area contributed by atoms with Gasteiger partial charge in [0.05, 0.1) is 72.4 Å². The van der Waals surface area contributed by atoms with E-state index in [9.17, 15) is 45.0 Å². The molecule has 23 heteroatoms. The Balaban J connectivity index is 0.000000154. The summed E-state index contributed by atoms with van der Waals surface area (Å²) in [5.41, 5.74) is 5.77. The molecule has 94 heavy (non-hydrogen) atoms. The van der Waals surface area contributed by atoms with Crippen LogP contribution < -0.4 is 0 Å². The number of aromatic nitrogens is 9. The summed E-state index contributed by atoms with van der Waals surface area (Å²) in [7, 11) is 3.88. The Morgan fingerprint density at radius 2 is 0.585 bits per heavy atom.